The minimum absolute atomic E-state index is 0.187. The van der Waals surface area contributed by atoms with Crippen LogP contribution in [0.1, 0.15) is 5.56 Å². The fraction of sp³-hybridized carbons (Fsp3) is 0.222. The average Bonchev–Trinajstić information content (AvgIpc) is 2.13. The first kappa shape index (κ1) is 11.0. The summed E-state index contributed by atoms with van der Waals surface area (Å²) in [5, 5.41) is 10.3. The zero-order chi connectivity index (χ0) is 10.7. The summed E-state index contributed by atoms with van der Waals surface area (Å²) in [6.45, 7) is 0. The molecule has 0 heterocycles. The molecule has 0 atom stereocenters. The van der Waals surface area contributed by atoms with Crippen LogP contribution >= 0.6 is 15.9 Å². The van der Waals surface area contributed by atoms with Gasteiger partial charge in [-0.05, 0) is 28.1 Å². The molecule has 0 spiro atoms. The van der Waals surface area contributed by atoms with E-state index >= 15 is 0 Å². The second kappa shape index (κ2) is 4.40. The minimum Gasteiger partial charge on any atom is -0.317 e. The molecule has 0 unspecified atom stereocenters. The lowest BCUT2D eigenvalue weighted by atomic mass is 10.2. The van der Waals surface area contributed by atoms with Gasteiger partial charge in [-0.1, -0.05) is 0 Å². The second-order valence-corrected chi connectivity index (χ2v) is 3.70. The Morgan fingerprint density at radius 1 is 1.50 bits per heavy atom. The van der Waals surface area contributed by atoms with Crippen LogP contribution in [0.4, 0.5) is 10.1 Å². The molecule has 0 aliphatic carbocycles. The van der Waals surface area contributed by atoms with Gasteiger partial charge in [-0.15, -0.1) is 0 Å². The molecule has 1 aromatic rings. The van der Waals surface area contributed by atoms with Crippen molar-refractivity contribution >= 4 is 21.6 Å². The van der Waals surface area contributed by atoms with E-state index in [0.717, 1.165) is 0 Å². The molecule has 0 aromatic heterocycles. The summed E-state index contributed by atoms with van der Waals surface area (Å²) < 4.78 is 13.7. The molecule has 14 heavy (non-hydrogen) atoms. The van der Waals surface area contributed by atoms with Gasteiger partial charge in [0.15, 0.2) is 5.82 Å². The van der Waals surface area contributed by atoms with Crippen LogP contribution in [-0.4, -0.2) is 19.1 Å². The first-order valence-corrected chi connectivity index (χ1v) is 4.67. The molecule has 1 aromatic carbocycles. The van der Waals surface area contributed by atoms with Gasteiger partial charge in [0.05, 0.1) is 15.7 Å². The number of nitriles is 1. The highest BCUT2D eigenvalue weighted by Crippen LogP contribution is 2.26. The molecular formula is C9H9BrFN3. The zero-order valence-electron chi connectivity index (χ0n) is 7.81. The predicted octanol–water partition coefficient (Wildman–Crippen LogP) is 2.35. The van der Waals surface area contributed by atoms with Crippen LogP contribution in [0.15, 0.2) is 16.6 Å². The summed E-state index contributed by atoms with van der Waals surface area (Å²) in [6, 6.07) is 4.97. The Hall–Kier alpha value is -1.12. The number of hydrogen-bond acceptors (Lipinski definition) is 3. The zero-order valence-corrected chi connectivity index (χ0v) is 9.39. The maximum Gasteiger partial charge on any atom is 0.163 e. The van der Waals surface area contributed by atoms with E-state index in [1.54, 1.807) is 25.2 Å². The van der Waals surface area contributed by atoms with E-state index in [4.69, 9.17) is 5.26 Å². The molecule has 0 amide bonds. The van der Waals surface area contributed by atoms with Crippen LogP contribution in [0, 0.1) is 17.1 Å². The smallest absolute Gasteiger partial charge is 0.163 e. The van der Waals surface area contributed by atoms with Crippen molar-refractivity contribution in [3.8, 4) is 6.07 Å². The number of hydrogen-bond donors (Lipinski definition) is 1. The Bertz CT molecular complexity index is 384. The highest BCUT2D eigenvalue weighted by atomic mass is 79.9. The van der Waals surface area contributed by atoms with Gasteiger partial charge in [0.2, 0.25) is 0 Å². The molecule has 0 aliphatic heterocycles. The quantitative estimate of drug-likeness (QED) is 0.827. The molecule has 0 bridgehead atoms. The molecule has 1 N–H and O–H groups in total. The van der Waals surface area contributed by atoms with Crippen molar-refractivity contribution in [1.29, 1.82) is 5.26 Å². The lowest BCUT2D eigenvalue weighted by Gasteiger charge is -2.14. The molecule has 0 fully saturated rings. The molecule has 74 valence electrons. The lowest BCUT2D eigenvalue weighted by Crippen LogP contribution is -2.20. The minimum atomic E-state index is -0.460. The van der Waals surface area contributed by atoms with E-state index in [2.05, 4.69) is 21.4 Å². The lowest BCUT2D eigenvalue weighted by molar-refractivity contribution is 0.486. The third kappa shape index (κ3) is 2.22. The van der Waals surface area contributed by atoms with Gasteiger partial charge in [-0.3, -0.25) is 0 Å². The van der Waals surface area contributed by atoms with E-state index in [1.165, 1.54) is 6.07 Å². The summed E-state index contributed by atoms with van der Waals surface area (Å²) in [6.07, 6.45) is 0. The van der Waals surface area contributed by atoms with Gasteiger partial charge in [0.25, 0.3) is 0 Å². The van der Waals surface area contributed by atoms with E-state index in [-0.39, 0.29) is 10.0 Å². The van der Waals surface area contributed by atoms with Gasteiger partial charge in [0, 0.05) is 14.1 Å². The molecule has 0 radical (unpaired) electrons. The van der Waals surface area contributed by atoms with E-state index in [9.17, 15) is 4.39 Å². The van der Waals surface area contributed by atoms with Gasteiger partial charge in [0.1, 0.15) is 6.07 Å². The molecule has 3 nitrogen and oxygen atoms in total. The number of nitrogens with zero attached hydrogens (tertiary/aromatic N) is 2. The molecular weight excluding hydrogens is 249 g/mol. The SMILES string of the molecule is CN(C)Nc1ccc(C#N)c(Br)c1F. The summed E-state index contributed by atoms with van der Waals surface area (Å²) in [7, 11) is 3.51. The maximum absolute atomic E-state index is 13.5. The average molecular weight is 258 g/mol. The van der Waals surface area contributed by atoms with Crippen LogP contribution in [-0.2, 0) is 0 Å². The standard InChI is InChI=1S/C9H9BrFN3/c1-14(2)13-7-4-3-6(5-12)8(10)9(7)11/h3-4,13H,1-2H3. The van der Waals surface area contributed by atoms with E-state index in [1.807, 2.05) is 6.07 Å². The van der Waals surface area contributed by atoms with Crippen LogP contribution in [0.3, 0.4) is 0 Å². The summed E-state index contributed by atoms with van der Waals surface area (Å²) in [5.41, 5.74) is 3.40. The third-order valence-corrected chi connectivity index (χ3v) is 2.32. The fourth-order valence-corrected chi connectivity index (χ4v) is 1.40. The molecule has 0 aliphatic rings. The molecule has 1 rings (SSSR count). The molecule has 5 heteroatoms. The highest BCUT2D eigenvalue weighted by Gasteiger charge is 2.10. The van der Waals surface area contributed by atoms with Gasteiger partial charge >= 0.3 is 0 Å². The van der Waals surface area contributed by atoms with Gasteiger partial charge in [-0.25, -0.2) is 9.40 Å². The number of nitrogens with one attached hydrogen (secondary N) is 1. The fourth-order valence-electron chi connectivity index (χ4n) is 0.963. The van der Waals surface area contributed by atoms with Crippen molar-refractivity contribution < 1.29 is 4.39 Å². The Morgan fingerprint density at radius 2 is 2.14 bits per heavy atom. The first-order chi connectivity index (χ1) is 6.56. The largest absolute Gasteiger partial charge is 0.317 e. The van der Waals surface area contributed by atoms with Crippen LogP contribution < -0.4 is 5.43 Å². The normalized spacial score (nSPS) is 10.0. The Labute approximate surface area is 90.2 Å². The highest BCUT2D eigenvalue weighted by molar-refractivity contribution is 9.10. The van der Waals surface area contributed by atoms with Crippen molar-refractivity contribution in [2.75, 3.05) is 19.5 Å². The predicted molar refractivity (Wildman–Crippen MR) is 56.1 cm³/mol. The Kier molecular flexibility index (Phi) is 3.44. The van der Waals surface area contributed by atoms with Crippen LogP contribution in [0.5, 0.6) is 0 Å². The van der Waals surface area contributed by atoms with Gasteiger partial charge in [-0.2, -0.15) is 5.26 Å². The van der Waals surface area contributed by atoms with Gasteiger partial charge < -0.3 is 5.43 Å². The molecule has 0 saturated carbocycles. The second-order valence-electron chi connectivity index (χ2n) is 2.91. The number of benzene rings is 1. The van der Waals surface area contributed by atoms with Crippen molar-refractivity contribution in [3.05, 3.63) is 28.0 Å². The molecule has 0 saturated heterocycles. The Morgan fingerprint density at radius 3 is 2.64 bits per heavy atom. The van der Waals surface area contributed by atoms with Crippen LogP contribution in [0.2, 0.25) is 0 Å². The van der Waals surface area contributed by atoms with Crippen molar-refractivity contribution in [1.82, 2.24) is 5.01 Å². The number of halogens is 2. The monoisotopic (exact) mass is 257 g/mol. The maximum atomic E-state index is 13.5. The number of hydrazine groups is 1. The topological polar surface area (TPSA) is 39.1 Å². The third-order valence-electron chi connectivity index (χ3n) is 1.55. The van der Waals surface area contributed by atoms with E-state index < -0.39 is 5.82 Å². The number of anilines is 1. The first-order valence-electron chi connectivity index (χ1n) is 3.88. The van der Waals surface area contributed by atoms with Crippen molar-refractivity contribution in [3.63, 3.8) is 0 Å². The van der Waals surface area contributed by atoms with Crippen molar-refractivity contribution in [2.24, 2.45) is 0 Å². The summed E-state index contributed by atoms with van der Waals surface area (Å²) in [4.78, 5) is 0. The summed E-state index contributed by atoms with van der Waals surface area (Å²) in [5.74, 6) is -0.460. The van der Waals surface area contributed by atoms with Crippen LogP contribution in [0.25, 0.3) is 0 Å². The number of rotatable bonds is 2. The Balaban J connectivity index is 3.12. The van der Waals surface area contributed by atoms with Crippen molar-refractivity contribution in [2.45, 2.75) is 0 Å². The van der Waals surface area contributed by atoms with E-state index in [0.29, 0.717) is 5.69 Å². The summed E-state index contributed by atoms with van der Waals surface area (Å²) >= 11 is 3.03.